The normalized spacial score (nSPS) is 20.5. The van der Waals surface area contributed by atoms with Gasteiger partial charge >= 0.3 is 6.03 Å². The average Bonchev–Trinajstić information content (AvgIpc) is 2.72. The second-order valence-electron chi connectivity index (χ2n) is 6.29. The van der Waals surface area contributed by atoms with Gasteiger partial charge in [0, 0.05) is 0 Å². The van der Waals surface area contributed by atoms with Crippen LogP contribution < -0.4 is 10.1 Å². The highest BCUT2D eigenvalue weighted by molar-refractivity contribution is 9.10. The number of ether oxygens (including phenoxy) is 1. The Bertz CT molecular complexity index is 624. The quantitative estimate of drug-likeness (QED) is 0.814. The van der Waals surface area contributed by atoms with Crippen LogP contribution in [-0.4, -0.2) is 29.5 Å². The number of benzene rings is 1. The third-order valence-corrected chi connectivity index (χ3v) is 5.38. The molecule has 1 aromatic carbocycles. The van der Waals surface area contributed by atoms with Gasteiger partial charge in [0.1, 0.15) is 11.3 Å². The lowest BCUT2D eigenvalue weighted by Gasteiger charge is -2.24. The summed E-state index contributed by atoms with van der Waals surface area (Å²) in [5, 5.41) is 2.97. The summed E-state index contributed by atoms with van der Waals surface area (Å²) in [5.74, 6) is 0.655. The molecule has 3 rings (SSSR count). The molecule has 1 spiro atoms. The highest BCUT2D eigenvalue weighted by Gasteiger charge is 2.50. The van der Waals surface area contributed by atoms with Gasteiger partial charge in [-0.05, 0) is 46.5 Å². The van der Waals surface area contributed by atoms with Gasteiger partial charge < -0.3 is 10.1 Å². The van der Waals surface area contributed by atoms with E-state index in [1.54, 1.807) is 7.11 Å². The van der Waals surface area contributed by atoms with Gasteiger partial charge in [-0.2, -0.15) is 0 Å². The van der Waals surface area contributed by atoms with Crippen molar-refractivity contribution >= 4 is 27.9 Å². The van der Waals surface area contributed by atoms with E-state index in [9.17, 15) is 9.59 Å². The van der Waals surface area contributed by atoms with Crippen molar-refractivity contribution < 1.29 is 14.3 Å². The molecule has 1 aliphatic carbocycles. The SMILES string of the molecule is COc1ccc(CN2C(=O)NC3(CCCCCC3)C2=O)cc1Br. The Hall–Kier alpha value is -1.56. The van der Waals surface area contributed by atoms with E-state index in [1.165, 1.54) is 4.90 Å². The topological polar surface area (TPSA) is 58.6 Å². The van der Waals surface area contributed by atoms with Gasteiger partial charge in [0.15, 0.2) is 0 Å². The van der Waals surface area contributed by atoms with Gasteiger partial charge in [-0.3, -0.25) is 9.69 Å². The fourth-order valence-electron chi connectivity index (χ4n) is 3.48. The van der Waals surface area contributed by atoms with Crippen LogP contribution >= 0.6 is 15.9 Å². The van der Waals surface area contributed by atoms with Gasteiger partial charge in [-0.25, -0.2) is 4.79 Å². The van der Waals surface area contributed by atoms with Crippen LogP contribution in [0, 0.1) is 0 Å². The Labute approximate surface area is 144 Å². The van der Waals surface area contributed by atoms with Gasteiger partial charge in [0.05, 0.1) is 18.1 Å². The number of imide groups is 1. The Morgan fingerprint density at radius 3 is 2.52 bits per heavy atom. The molecule has 5 nitrogen and oxygen atoms in total. The van der Waals surface area contributed by atoms with Gasteiger partial charge in [0.2, 0.25) is 0 Å². The summed E-state index contributed by atoms with van der Waals surface area (Å²) in [6.07, 6.45) is 5.76. The molecule has 1 heterocycles. The van der Waals surface area contributed by atoms with Gasteiger partial charge in [0.25, 0.3) is 5.91 Å². The van der Waals surface area contributed by atoms with Crippen LogP contribution in [0.3, 0.4) is 0 Å². The summed E-state index contributed by atoms with van der Waals surface area (Å²) in [6, 6.07) is 5.32. The third-order valence-electron chi connectivity index (χ3n) is 4.76. The lowest BCUT2D eigenvalue weighted by molar-refractivity contribution is -0.132. The maximum absolute atomic E-state index is 12.9. The molecule has 1 saturated carbocycles. The van der Waals surface area contributed by atoms with Crippen molar-refractivity contribution in [2.24, 2.45) is 0 Å². The number of hydrogen-bond acceptors (Lipinski definition) is 3. The minimum absolute atomic E-state index is 0.0728. The van der Waals surface area contributed by atoms with Gasteiger partial charge in [-0.1, -0.05) is 31.7 Å². The van der Waals surface area contributed by atoms with Crippen molar-refractivity contribution in [3.8, 4) is 5.75 Å². The molecule has 23 heavy (non-hydrogen) atoms. The lowest BCUT2D eigenvalue weighted by Crippen LogP contribution is -2.46. The zero-order chi connectivity index (χ0) is 16.4. The number of rotatable bonds is 3. The highest BCUT2D eigenvalue weighted by Crippen LogP contribution is 2.34. The van der Waals surface area contributed by atoms with Crippen molar-refractivity contribution in [1.29, 1.82) is 0 Å². The first-order valence-corrected chi connectivity index (χ1v) is 8.81. The number of halogens is 1. The van der Waals surface area contributed by atoms with Crippen molar-refractivity contribution in [3.05, 3.63) is 28.2 Å². The molecule has 1 N–H and O–H groups in total. The molecular formula is C17H21BrN2O3. The number of hydrogen-bond donors (Lipinski definition) is 1. The van der Waals surface area contributed by atoms with Crippen LogP contribution in [0.1, 0.15) is 44.1 Å². The highest BCUT2D eigenvalue weighted by atomic mass is 79.9. The Morgan fingerprint density at radius 1 is 1.22 bits per heavy atom. The molecule has 0 unspecified atom stereocenters. The summed E-state index contributed by atoms with van der Waals surface area (Å²) in [7, 11) is 1.60. The largest absolute Gasteiger partial charge is 0.496 e. The number of urea groups is 1. The summed E-state index contributed by atoms with van der Waals surface area (Å²) in [6.45, 7) is 0.287. The molecule has 2 fully saturated rings. The fourth-order valence-corrected chi connectivity index (χ4v) is 4.07. The zero-order valence-corrected chi connectivity index (χ0v) is 14.8. The number of amides is 3. The molecule has 0 bridgehead atoms. The number of nitrogens with one attached hydrogen (secondary N) is 1. The fraction of sp³-hybridized carbons (Fsp3) is 0.529. The molecule has 6 heteroatoms. The van der Waals surface area contributed by atoms with Crippen molar-refractivity contribution in [1.82, 2.24) is 10.2 Å². The molecule has 1 saturated heterocycles. The van der Waals surface area contributed by atoms with Crippen LogP contribution in [0.25, 0.3) is 0 Å². The first kappa shape index (κ1) is 16.3. The minimum Gasteiger partial charge on any atom is -0.496 e. The van der Waals surface area contributed by atoms with E-state index >= 15 is 0 Å². The molecule has 0 radical (unpaired) electrons. The van der Waals surface area contributed by atoms with E-state index in [2.05, 4.69) is 21.2 Å². The first-order chi connectivity index (χ1) is 11.1. The Balaban J connectivity index is 1.79. The number of methoxy groups -OCH3 is 1. The first-order valence-electron chi connectivity index (χ1n) is 8.02. The molecule has 1 aliphatic heterocycles. The molecule has 1 aromatic rings. The zero-order valence-electron chi connectivity index (χ0n) is 13.2. The Morgan fingerprint density at radius 2 is 1.91 bits per heavy atom. The molecule has 3 amide bonds. The maximum Gasteiger partial charge on any atom is 0.325 e. The van der Waals surface area contributed by atoms with Crippen LogP contribution in [0.15, 0.2) is 22.7 Å². The maximum atomic E-state index is 12.9. The number of carbonyl (C=O) groups is 2. The summed E-state index contributed by atoms with van der Waals surface area (Å²) < 4.78 is 6.02. The molecule has 0 atom stereocenters. The number of nitrogens with zero attached hydrogens (tertiary/aromatic N) is 1. The molecule has 2 aliphatic rings. The predicted molar refractivity (Wildman–Crippen MR) is 90.2 cm³/mol. The average molecular weight is 381 g/mol. The van der Waals surface area contributed by atoms with E-state index in [0.717, 1.165) is 54.3 Å². The molecule has 124 valence electrons. The van der Waals surface area contributed by atoms with E-state index in [1.807, 2.05) is 18.2 Å². The second-order valence-corrected chi connectivity index (χ2v) is 7.14. The van der Waals surface area contributed by atoms with E-state index in [-0.39, 0.29) is 18.5 Å². The summed E-state index contributed by atoms with van der Waals surface area (Å²) in [5.41, 5.74) is 0.226. The van der Waals surface area contributed by atoms with Crippen molar-refractivity contribution in [3.63, 3.8) is 0 Å². The summed E-state index contributed by atoms with van der Waals surface area (Å²) >= 11 is 3.44. The van der Waals surface area contributed by atoms with Crippen LogP contribution in [0.2, 0.25) is 0 Å². The minimum atomic E-state index is -0.669. The van der Waals surface area contributed by atoms with Crippen molar-refractivity contribution in [2.75, 3.05) is 7.11 Å². The number of carbonyl (C=O) groups excluding carboxylic acids is 2. The lowest BCUT2D eigenvalue weighted by atomic mass is 9.90. The predicted octanol–water partition coefficient (Wildman–Crippen LogP) is 3.60. The monoisotopic (exact) mass is 380 g/mol. The van der Waals surface area contributed by atoms with E-state index in [0.29, 0.717) is 0 Å². The molecular weight excluding hydrogens is 360 g/mol. The molecule has 0 aromatic heterocycles. The standard InChI is InChI=1S/C17H21BrN2O3/c1-23-14-7-6-12(10-13(14)18)11-20-15(21)17(19-16(20)22)8-4-2-3-5-9-17/h6-7,10H,2-5,8-9,11H2,1H3,(H,19,22). The second kappa shape index (κ2) is 6.51. The van der Waals surface area contributed by atoms with Crippen LogP contribution in [0.5, 0.6) is 5.75 Å². The van der Waals surface area contributed by atoms with E-state index < -0.39 is 5.54 Å². The Kier molecular flexibility index (Phi) is 4.62. The van der Waals surface area contributed by atoms with Gasteiger partial charge in [-0.15, -0.1) is 0 Å². The van der Waals surface area contributed by atoms with Crippen molar-refractivity contribution in [2.45, 2.75) is 50.6 Å². The van der Waals surface area contributed by atoms with Crippen LogP contribution in [-0.2, 0) is 11.3 Å². The smallest absolute Gasteiger partial charge is 0.325 e. The van der Waals surface area contributed by atoms with Crippen LogP contribution in [0.4, 0.5) is 4.79 Å². The van der Waals surface area contributed by atoms with E-state index in [4.69, 9.17) is 4.74 Å². The summed E-state index contributed by atoms with van der Waals surface area (Å²) in [4.78, 5) is 26.6. The third kappa shape index (κ3) is 3.09.